The van der Waals surface area contributed by atoms with Gasteiger partial charge in [0.1, 0.15) is 0 Å². The van der Waals surface area contributed by atoms with E-state index in [2.05, 4.69) is 4.98 Å². The summed E-state index contributed by atoms with van der Waals surface area (Å²) in [5.74, 6) is 0.112. The van der Waals surface area contributed by atoms with Gasteiger partial charge in [0.05, 0.1) is 17.7 Å². The predicted octanol–water partition coefficient (Wildman–Crippen LogP) is 1.81. The van der Waals surface area contributed by atoms with Gasteiger partial charge in [-0.3, -0.25) is 9.78 Å². The van der Waals surface area contributed by atoms with Crippen molar-refractivity contribution < 1.29 is 4.79 Å². The largest absolute Gasteiger partial charge is 0.339 e. The van der Waals surface area contributed by atoms with Crippen LogP contribution in [0.25, 0.3) is 0 Å². The molecule has 0 aliphatic carbocycles. The molecular weight excluding hydrogens is 226 g/mol. The molecule has 2 N–H and O–H groups in total. The van der Waals surface area contributed by atoms with E-state index in [4.69, 9.17) is 5.73 Å². The molecule has 4 nitrogen and oxygen atoms in total. The molecule has 4 heteroatoms. The fourth-order valence-corrected chi connectivity index (χ4v) is 2.14. The van der Waals surface area contributed by atoms with Crippen molar-refractivity contribution >= 4 is 5.91 Å². The zero-order chi connectivity index (χ0) is 13.6. The maximum Gasteiger partial charge on any atom is 0.230 e. The number of pyridine rings is 1. The van der Waals surface area contributed by atoms with Gasteiger partial charge in [-0.05, 0) is 25.0 Å². The third-order valence-corrected chi connectivity index (χ3v) is 3.67. The van der Waals surface area contributed by atoms with Crippen LogP contribution in [0.2, 0.25) is 0 Å². The minimum absolute atomic E-state index is 0.112. The van der Waals surface area contributed by atoms with Gasteiger partial charge >= 0.3 is 0 Å². The minimum Gasteiger partial charge on any atom is -0.339 e. The molecular formula is C14H23N3O. The van der Waals surface area contributed by atoms with Crippen LogP contribution in [0.1, 0.15) is 32.4 Å². The number of hydrogen-bond donors (Lipinski definition) is 1. The van der Waals surface area contributed by atoms with Crippen LogP contribution in [0.5, 0.6) is 0 Å². The van der Waals surface area contributed by atoms with Crippen LogP contribution in [-0.2, 0) is 11.3 Å². The molecule has 0 bridgehead atoms. The lowest BCUT2D eigenvalue weighted by atomic mass is 9.81. The van der Waals surface area contributed by atoms with Crippen molar-refractivity contribution in [3.63, 3.8) is 0 Å². The summed E-state index contributed by atoms with van der Waals surface area (Å²) < 4.78 is 0. The number of carbonyl (C=O) groups excluding carboxylic acids is 1. The molecule has 0 spiro atoms. The van der Waals surface area contributed by atoms with Gasteiger partial charge in [0, 0.05) is 19.8 Å². The van der Waals surface area contributed by atoms with Crippen molar-refractivity contribution in [2.24, 2.45) is 11.1 Å². The average molecular weight is 249 g/mol. The first-order valence-corrected chi connectivity index (χ1v) is 6.45. The van der Waals surface area contributed by atoms with Crippen molar-refractivity contribution in [2.75, 3.05) is 13.6 Å². The molecule has 18 heavy (non-hydrogen) atoms. The second-order valence-electron chi connectivity index (χ2n) is 4.67. The Morgan fingerprint density at radius 1 is 1.39 bits per heavy atom. The number of hydrogen-bond acceptors (Lipinski definition) is 3. The topological polar surface area (TPSA) is 59.2 Å². The molecule has 0 aliphatic heterocycles. The summed E-state index contributed by atoms with van der Waals surface area (Å²) in [5, 5.41) is 0. The number of nitrogens with zero attached hydrogens (tertiary/aromatic N) is 2. The molecule has 1 heterocycles. The first-order chi connectivity index (χ1) is 8.59. The van der Waals surface area contributed by atoms with Gasteiger partial charge in [-0.25, -0.2) is 0 Å². The Morgan fingerprint density at radius 2 is 2.06 bits per heavy atom. The zero-order valence-corrected chi connectivity index (χ0v) is 11.5. The highest BCUT2D eigenvalue weighted by Crippen LogP contribution is 2.27. The Hall–Kier alpha value is -1.42. The van der Waals surface area contributed by atoms with E-state index in [-0.39, 0.29) is 5.91 Å². The van der Waals surface area contributed by atoms with Gasteiger partial charge in [0.25, 0.3) is 0 Å². The van der Waals surface area contributed by atoms with Crippen molar-refractivity contribution in [1.82, 2.24) is 9.88 Å². The standard InChI is InChI=1S/C14H23N3O/c1-4-14(5-2,11-15)13(18)17(3)10-12-8-6-7-9-16-12/h6-9H,4-5,10-11,15H2,1-3H3. The summed E-state index contributed by atoms with van der Waals surface area (Å²) in [6.45, 7) is 4.96. The van der Waals surface area contributed by atoms with E-state index < -0.39 is 5.41 Å². The first kappa shape index (κ1) is 14.6. The van der Waals surface area contributed by atoms with E-state index in [1.165, 1.54) is 0 Å². The van der Waals surface area contributed by atoms with Crippen LogP contribution in [-0.4, -0.2) is 29.4 Å². The minimum atomic E-state index is -0.427. The normalized spacial score (nSPS) is 11.3. The van der Waals surface area contributed by atoms with Gasteiger partial charge in [0.2, 0.25) is 5.91 Å². The maximum absolute atomic E-state index is 12.5. The lowest BCUT2D eigenvalue weighted by Crippen LogP contribution is -2.45. The second kappa shape index (κ2) is 6.50. The van der Waals surface area contributed by atoms with E-state index in [9.17, 15) is 4.79 Å². The molecule has 0 unspecified atom stereocenters. The van der Waals surface area contributed by atoms with Gasteiger partial charge in [-0.1, -0.05) is 19.9 Å². The third-order valence-electron chi connectivity index (χ3n) is 3.67. The molecule has 100 valence electrons. The summed E-state index contributed by atoms with van der Waals surface area (Å²) in [5.41, 5.74) is 6.27. The third kappa shape index (κ3) is 3.07. The van der Waals surface area contributed by atoms with Gasteiger partial charge in [-0.15, -0.1) is 0 Å². The number of carbonyl (C=O) groups is 1. The lowest BCUT2D eigenvalue weighted by molar-refractivity contribution is -0.141. The van der Waals surface area contributed by atoms with Crippen molar-refractivity contribution in [3.05, 3.63) is 30.1 Å². The van der Waals surface area contributed by atoms with Crippen molar-refractivity contribution in [2.45, 2.75) is 33.2 Å². The predicted molar refractivity (Wildman–Crippen MR) is 72.8 cm³/mol. The molecule has 0 saturated carbocycles. The van der Waals surface area contributed by atoms with Crippen molar-refractivity contribution in [3.8, 4) is 0 Å². The maximum atomic E-state index is 12.5. The molecule has 0 atom stereocenters. The molecule has 1 aromatic rings. The van der Waals surface area contributed by atoms with E-state index in [1.807, 2.05) is 39.1 Å². The van der Waals surface area contributed by atoms with E-state index in [1.54, 1.807) is 11.1 Å². The Kier molecular flexibility index (Phi) is 5.28. The Labute approximate surface area is 109 Å². The fraction of sp³-hybridized carbons (Fsp3) is 0.571. The summed E-state index contributed by atoms with van der Waals surface area (Å²) in [4.78, 5) is 18.4. The SMILES string of the molecule is CCC(CC)(CN)C(=O)N(C)Cc1ccccn1. The summed E-state index contributed by atoms with van der Waals surface area (Å²) in [7, 11) is 1.81. The summed E-state index contributed by atoms with van der Waals surface area (Å²) in [6.07, 6.45) is 3.28. The summed E-state index contributed by atoms with van der Waals surface area (Å²) in [6, 6.07) is 5.72. The van der Waals surface area contributed by atoms with Crippen LogP contribution >= 0.6 is 0 Å². The van der Waals surface area contributed by atoms with Crippen LogP contribution < -0.4 is 5.73 Å². The number of rotatable bonds is 6. The van der Waals surface area contributed by atoms with E-state index in [0.29, 0.717) is 13.1 Å². The fourth-order valence-electron chi connectivity index (χ4n) is 2.14. The van der Waals surface area contributed by atoms with Crippen LogP contribution in [0.4, 0.5) is 0 Å². The van der Waals surface area contributed by atoms with Crippen molar-refractivity contribution in [1.29, 1.82) is 0 Å². The number of amides is 1. The van der Waals surface area contributed by atoms with Crippen LogP contribution in [0.15, 0.2) is 24.4 Å². The average Bonchev–Trinajstić information content (AvgIpc) is 2.42. The van der Waals surface area contributed by atoms with E-state index in [0.717, 1.165) is 18.5 Å². The molecule has 0 radical (unpaired) electrons. The first-order valence-electron chi connectivity index (χ1n) is 6.45. The Balaban J connectivity index is 2.77. The molecule has 1 rings (SSSR count). The highest BCUT2D eigenvalue weighted by molar-refractivity contribution is 5.82. The molecule has 0 saturated heterocycles. The zero-order valence-electron chi connectivity index (χ0n) is 11.5. The van der Waals surface area contributed by atoms with E-state index >= 15 is 0 Å². The second-order valence-corrected chi connectivity index (χ2v) is 4.67. The van der Waals surface area contributed by atoms with Gasteiger partial charge in [-0.2, -0.15) is 0 Å². The molecule has 0 aliphatic rings. The molecule has 1 amide bonds. The van der Waals surface area contributed by atoms with Gasteiger partial charge < -0.3 is 10.6 Å². The van der Waals surface area contributed by atoms with Crippen LogP contribution in [0, 0.1) is 5.41 Å². The molecule has 0 aromatic carbocycles. The highest BCUT2D eigenvalue weighted by Gasteiger charge is 2.35. The Bertz CT molecular complexity index is 366. The quantitative estimate of drug-likeness (QED) is 0.836. The highest BCUT2D eigenvalue weighted by atomic mass is 16.2. The Morgan fingerprint density at radius 3 is 2.50 bits per heavy atom. The molecule has 0 fully saturated rings. The van der Waals surface area contributed by atoms with Gasteiger partial charge in [0.15, 0.2) is 0 Å². The summed E-state index contributed by atoms with van der Waals surface area (Å²) >= 11 is 0. The number of aromatic nitrogens is 1. The lowest BCUT2D eigenvalue weighted by Gasteiger charge is -2.33. The monoisotopic (exact) mass is 249 g/mol. The van der Waals surface area contributed by atoms with Crippen LogP contribution in [0.3, 0.4) is 0 Å². The smallest absolute Gasteiger partial charge is 0.230 e. The molecule has 1 aromatic heterocycles. The number of nitrogens with two attached hydrogens (primary N) is 1.